The lowest BCUT2D eigenvalue weighted by Crippen LogP contribution is -2.04. The Morgan fingerprint density at radius 3 is 2.55 bits per heavy atom. The average molecular weight is 296 g/mol. The van der Waals surface area contributed by atoms with Crippen molar-refractivity contribution in [3.8, 4) is 17.2 Å². The summed E-state index contributed by atoms with van der Waals surface area (Å²) in [4.78, 5) is 0. The molecule has 22 heavy (non-hydrogen) atoms. The highest BCUT2D eigenvalue weighted by Crippen LogP contribution is 2.32. The van der Waals surface area contributed by atoms with E-state index in [1.165, 1.54) is 5.56 Å². The Balaban J connectivity index is 1.92. The molecule has 1 unspecified atom stereocenters. The quantitative estimate of drug-likeness (QED) is 0.723. The number of fused-ring (bicyclic) bond motifs is 7. The van der Waals surface area contributed by atoms with Crippen molar-refractivity contribution in [2.45, 2.75) is 31.8 Å². The van der Waals surface area contributed by atoms with E-state index in [9.17, 15) is 10.2 Å². The van der Waals surface area contributed by atoms with Crippen LogP contribution in [0.25, 0.3) is 0 Å². The molecule has 2 aliphatic rings. The Hall–Kier alpha value is -2.26. The predicted molar refractivity (Wildman–Crippen MR) is 86.4 cm³/mol. The normalized spacial score (nSPS) is 19.8. The molecule has 1 atom stereocenters. The minimum Gasteiger partial charge on any atom is -0.504 e. The zero-order valence-corrected chi connectivity index (χ0v) is 12.4. The van der Waals surface area contributed by atoms with Crippen molar-refractivity contribution in [2.75, 3.05) is 0 Å². The SMILES string of the molecule is Oc1ccc2cc1Oc1ccc(cc1)CC/C=C\C(O)CC2. The molecule has 0 spiro atoms. The summed E-state index contributed by atoms with van der Waals surface area (Å²) in [5.74, 6) is 1.28. The first kappa shape index (κ1) is 14.7. The van der Waals surface area contributed by atoms with Gasteiger partial charge in [-0.2, -0.15) is 0 Å². The number of aliphatic hydroxyl groups excluding tert-OH is 1. The zero-order chi connectivity index (χ0) is 15.4. The summed E-state index contributed by atoms with van der Waals surface area (Å²) < 4.78 is 5.78. The van der Waals surface area contributed by atoms with Gasteiger partial charge in [-0.25, -0.2) is 0 Å². The second-order valence-electron chi connectivity index (χ2n) is 5.62. The van der Waals surface area contributed by atoms with Crippen LogP contribution >= 0.6 is 0 Å². The van der Waals surface area contributed by atoms with Gasteiger partial charge in [-0.3, -0.25) is 0 Å². The van der Waals surface area contributed by atoms with Crippen molar-refractivity contribution in [2.24, 2.45) is 0 Å². The monoisotopic (exact) mass is 296 g/mol. The maximum atomic E-state index is 9.99. The van der Waals surface area contributed by atoms with Crippen molar-refractivity contribution >= 4 is 0 Å². The van der Waals surface area contributed by atoms with Gasteiger partial charge in [0.25, 0.3) is 0 Å². The molecule has 0 saturated carbocycles. The summed E-state index contributed by atoms with van der Waals surface area (Å²) >= 11 is 0. The molecule has 4 rings (SSSR count). The van der Waals surface area contributed by atoms with E-state index >= 15 is 0 Å². The molecule has 0 aromatic heterocycles. The Labute approximate surface area is 130 Å². The first-order valence-corrected chi connectivity index (χ1v) is 7.64. The first-order valence-electron chi connectivity index (χ1n) is 7.64. The average Bonchev–Trinajstić information content (AvgIpc) is 2.54. The molecule has 3 heteroatoms. The molecule has 2 heterocycles. The number of phenolic OH excluding ortho intramolecular Hbond substituents is 1. The van der Waals surface area contributed by atoms with Gasteiger partial charge in [0.15, 0.2) is 11.5 Å². The number of benzene rings is 2. The number of phenols is 1. The lowest BCUT2D eigenvalue weighted by molar-refractivity contribution is 0.212. The van der Waals surface area contributed by atoms with Crippen LogP contribution in [-0.4, -0.2) is 16.3 Å². The molecule has 0 aliphatic carbocycles. The molecule has 2 aromatic carbocycles. The van der Waals surface area contributed by atoms with Gasteiger partial charge < -0.3 is 14.9 Å². The van der Waals surface area contributed by atoms with E-state index in [0.717, 1.165) is 24.8 Å². The largest absolute Gasteiger partial charge is 0.504 e. The number of allylic oxidation sites excluding steroid dienone is 1. The van der Waals surface area contributed by atoms with E-state index in [0.29, 0.717) is 17.9 Å². The minimum atomic E-state index is -0.440. The maximum absolute atomic E-state index is 9.99. The van der Waals surface area contributed by atoms with Crippen LogP contribution in [0.3, 0.4) is 0 Å². The molecular weight excluding hydrogens is 276 g/mol. The van der Waals surface area contributed by atoms with Crippen LogP contribution in [-0.2, 0) is 12.8 Å². The molecular formula is C19H20O3. The van der Waals surface area contributed by atoms with Crippen LogP contribution in [0.5, 0.6) is 17.2 Å². The molecule has 2 aliphatic heterocycles. The molecule has 0 amide bonds. The smallest absolute Gasteiger partial charge is 0.169 e. The predicted octanol–water partition coefficient (Wildman–Crippen LogP) is 3.98. The van der Waals surface area contributed by atoms with Crippen LogP contribution < -0.4 is 4.74 Å². The lowest BCUT2D eigenvalue weighted by atomic mass is 10.1. The molecule has 4 bridgehead atoms. The molecule has 0 radical (unpaired) electrons. The molecule has 3 nitrogen and oxygen atoms in total. The number of ether oxygens (including phenoxy) is 1. The van der Waals surface area contributed by atoms with Gasteiger partial charge in [-0.1, -0.05) is 30.4 Å². The summed E-state index contributed by atoms with van der Waals surface area (Å²) in [5, 5.41) is 19.9. The minimum absolute atomic E-state index is 0.123. The summed E-state index contributed by atoms with van der Waals surface area (Å²) in [7, 11) is 0. The van der Waals surface area contributed by atoms with Crippen molar-refractivity contribution in [3.05, 3.63) is 65.7 Å². The number of aryl methyl sites for hydroxylation is 2. The zero-order valence-electron chi connectivity index (χ0n) is 12.4. The van der Waals surface area contributed by atoms with E-state index in [1.54, 1.807) is 6.07 Å². The van der Waals surface area contributed by atoms with Gasteiger partial charge in [0.2, 0.25) is 0 Å². The summed E-state index contributed by atoms with van der Waals surface area (Å²) in [5.41, 5.74) is 2.26. The van der Waals surface area contributed by atoms with Gasteiger partial charge in [0.1, 0.15) is 5.75 Å². The molecule has 0 saturated heterocycles. The van der Waals surface area contributed by atoms with E-state index in [4.69, 9.17) is 4.74 Å². The second-order valence-corrected chi connectivity index (χ2v) is 5.62. The van der Waals surface area contributed by atoms with Crippen molar-refractivity contribution < 1.29 is 14.9 Å². The van der Waals surface area contributed by atoms with Gasteiger partial charge in [-0.15, -0.1) is 0 Å². The Bertz CT molecular complexity index is 659. The number of rotatable bonds is 0. The van der Waals surface area contributed by atoms with Crippen molar-refractivity contribution in [1.29, 1.82) is 0 Å². The maximum Gasteiger partial charge on any atom is 0.169 e. The molecule has 0 fully saturated rings. The van der Waals surface area contributed by atoms with Gasteiger partial charge in [0.05, 0.1) is 6.10 Å². The topological polar surface area (TPSA) is 49.7 Å². The van der Waals surface area contributed by atoms with Crippen LogP contribution in [0.15, 0.2) is 54.6 Å². The summed E-state index contributed by atoms with van der Waals surface area (Å²) in [6.07, 6.45) is 6.70. The third-order valence-electron chi connectivity index (χ3n) is 3.86. The first-order chi connectivity index (χ1) is 10.7. The van der Waals surface area contributed by atoms with Crippen LogP contribution in [0.1, 0.15) is 24.0 Å². The van der Waals surface area contributed by atoms with Gasteiger partial charge in [-0.05, 0) is 61.1 Å². The number of hydrogen-bond donors (Lipinski definition) is 2. The standard InChI is InChI=1S/C19H20O3/c20-16-4-2-1-3-14-6-10-17(11-7-14)22-19-13-15(5-9-16)8-12-18(19)21/h2,4,6-8,10-13,16,20-21H,1,3,5,9H2/b4-2-. The second kappa shape index (κ2) is 6.67. The fourth-order valence-corrected chi connectivity index (χ4v) is 2.56. The third kappa shape index (κ3) is 3.68. The van der Waals surface area contributed by atoms with Gasteiger partial charge in [0, 0.05) is 0 Å². The molecule has 2 aromatic rings. The van der Waals surface area contributed by atoms with E-state index < -0.39 is 6.10 Å². The third-order valence-corrected chi connectivity index (χ3v) is 3.86. The van der Waals surface area contributed by atoms with E-state index in [1.807, 2.05) is 48.6 Å². The lowest BCUT2D eigenvalue weighted by Gasteiger charge is -2.11. The molecule has 2 N–H and O–H groups in total. The highest BCUT2D eigenvalue weighted by Gasteiger charge is 2.08. The molecule has 114 valence electrons. The van der Waals surface area contributed by atoms with E-state index in [2.05, 4.69) is 0 Å². The fraction of sp³-hybridized carbons (Fsp3) is 0.263. The van der Waals surface area contributed by atoms with Crippen molar-refractivity contribution in [3.63, 3.8) is 0 Å². The van der Waals surface area contributed by atoms with Crippen LogP contribution in [0, 0.1) is 0 Å². The Morgan fingerprint density at radius 1 is 0.955 bits per heavy atom. The Kier molecular flexibility index (Phi) is 4.45. The highest BCUT2D eigenvalue weighted by molar-refractivity contribution is 5.45. The van der Waals surface area contributed by atoms with E-state index in [-0.39, 0.29) is 5.75 Å². The summed E-state index contributed by atoms with van der Waals surface area (Å²) in [6.45, 7) is 0. The van der Waals surface area contributed by atoms with Crippen molar-refractivity contribution in [1.82, 2.24) is 0 Å². The van der Waals surface area contributed by atoms with Crippen LogP contribution in [0.2, 0.25) is 0 Å². The van der Waals surface area contributed by atoms with Gasteiger partial charge >= 0.3 is 0 Å². The number of aromatic hydroxyl groups is 1. The van der Waals surface area contributed by atoms with Crippen LogP contribution in [0.4, 0.5) is 0 Å². The fourth-order valence-electron chi connectivity index (χ4n) is 2.56. The highest BCUT2D eigenvalue weighted by atomic mass is 16.5. The Morgan fingerprint density at radius 2 is 1.73 bits per heavy atom. The number of hydrogen-bond acceptors (Lipinski definition) is 3. The number of aliphatic hydroxyl groups is 1. The summed E-state index contributed by atoms with van der Waals surface area (Å²) in [6, 6.07) is 13.2.